The Hall–Kier alpha value is -1.48. The normalized spacial score (nSPS) is 19.4. The monoisotopic (exact) mass is 230 g/mol. The van der Waals surface area contributed by atoms with E-state index in [4.69, 9.17) is 4.74 Å². The molecule has 1 unspecified atom stereocenters. The van der Waals surface area contributed by atoms with Gasteiger partial charge in [-0.25, -0.2) is 0 Å². The summed E-state index contributed by atoms with van der Waals surface area (Å²) in [5.74, 6) is 1.48. The first-order valence-electron chi connectivity index (χ1n) is 6.10. The molecule has 0 spiro atoms. The molecule has 2 heterocycles. The van der Waals surface area contributed by atoms with Crippen LogP contribution in [-0.4, -0.2) is 18.6 Å². The smallest absolute Gasteiger partial charge is 0.143 e. The summed E-state index contributed by atoms with van der Waals surface area (Å²) in [6.07, 6.45) is 0. The van der Waals surface area contributed by atoms with E-state index in [9.17, 15) is 0 Å². The van der Waals surface area contributed by atoms with Crippen molar-refractivity contribution in [1.29, 1.82) is 0 Å². The minimum absolute atomic E-state index is 0.538. The second-order valence-corrected chi connectivity index (χ2v) is 4.94. The number of ether oxygens (including phenoxy) is 1. The highest BCUT2D eigenvalue weighted by Gasteiger charge is 2.22. The lowest BCUT2D eigenvalue weighted by Gasteiger charge is -2.19. The fourth-order valence-corrected chi connectivity index (χ4v) is 2.76. The number of rotatable bonds is 1. The highest BCUT2D eigenvalue weighted by atomic mass is 16.5. The summed E-state index contributed by atoms with van der Waals surface area (Å²) in [7, 11) is 1.73. The first-order valence-corrected chi connectivity index (χ1v) is 6.10. The van der Waals surface area contributed by atoms with Crippen LogP contribution in [0.15, 0.2) is 12.1 Å². The van der Waals surface area contributed by atoms with Gasteiger partial charge in [-0.2, -0.15) is 0 Å². The molecule has 3 rings (SSSR count). The van der Waals surface area contributed by atoms with Crippen molar-refractivity contribution < 1.29 is 4.74 Å². The molecule has 1 aliphatic heterocycles. The molecule has 0 bridgehead atoms. The van der Waals surface area contributed by atoms with Gasteiger partial charge in [0.15, 0.2) is 0 Å². The summed E-state index contributed by atoms with van der Waals surface area (Å²) in [4.78, 5) is 3.55. The zero-order chi connectivity index (χ0) is 12.0. The molecule has 3 nitrogen and oxygen atoms in total. The molecule has 1 aliphatic rings. The fourth-order valence-electron chi connectivity index (χ4n) is 2.76. The zero-order valence-electron chi connectivity index (χ0n) is 10.6. The molecule has 90 valence electrons. The van der Waals surface area contributed by atoms with Crippen LogP contribution in [0.5, 0.6) is 5.75 Å². The maximum absolute atomic E-state index is 5.47. The fraction of sp³-hybridized carbons (Fsp3) is 0.429. The number of aryl methyl sites for hydroxylation is 1. The van der Waals surface area contributed by atoms with Crippen LogP contribution in [0, 0.1) is 6.92 Å². The summed E-state index contributed by atoms with van der Waals surface area (Å²) in [6.45, 7) is 6.36. The lowest BCUT2D eigenvalue weighted by molar-refractivity contribution is 0.418. The first-order chi connectivity index (χ1) is 8.20. The first kappa shape index (κ1) is 10.7. The lowest BCUT2D eigenvalue weighted by Crippen LogP contribution is -2.26. The van der Waals surface area contributed by atoms with Crippen LogP contribution in [0.3, 0.4) is 0 Å². The molecule has 0 saturated carbocycles. The molecular weight excluding hydrogens is 212 g/mol. The largest absolute Gasteiger partial charge is 0.495 e. The number of hydrogen-bond acceptors (Lipinski definition) is 2. The number of aromatic nitrogens is 1. The third-order valence-electron chi connectivity index (χ3n) is 3.62. The maximum Gasteiger partial charge on any atom is 0.143 e. The molecular formula is C14H18N2O. The molecule has 1 aromatic carbocycles. The van der Waals surface area contributed by atoms with Crippen LogP contribution >= 0.6 is 0 Å². The zero-order valence-corrected chi connectivity index (χ0v) is 10.6. The van der Waals surface area contributed by atoms with E-state index in [1.54, 1.807) is 7.11 Å². The van der Waals surface area contributed by atoms with Gasteiger partial charge in [-0.15, -0.1) is 0 Å². The predicted octanol–water partition coefficient (Wildman–Crippen LogP) is 2.69. The van der Waals surface area contributed by atoms with Crippen LogP contribution in [0.4, 0.5) is 0 Å². The van der Waals surface area contributed by atoms with Crippen molar-refractivity contribution in [3.63, 3.8) is 0 Å². The summed E-state index contributed by atoms with van der Waals surface area (Å²) in [5, 5.41) is 4.77. The SMILES string of the molecule is COc1cc(C)cc2c3c([nH]c12)C(C)CNC3. The Morgan fingerprint density at radius 1 is 1.35 bits per heavy atom. The number of fused-ring (bicyclic) bond motifs is 3. The van der Waals surface area contributed by atoms with E-state index in [0.717, 1.165) is 24.4 Å². The van der Waals surface area contributed by atoms with E-state index >= 15 is 0 Å². The lowest BCUT2D eigenvalue weighted by atomic mass is 9.97. The molecule has 3 heteroatoms. The molecule has 0 saturated heterocycles. The molecule has 0 fully saturated rings. The standard InChI is InChI=1S/C14H18N2O/c1-8-4-10-11-7-15-6-9(2)13(11)16-14(10)12(5-8)17-3/h4-5,9,15-16H,6-7H2,1-3H3. The van der Waals surface area contributed by atoms with E-state index < -0.39 is 0 Å². The van der Waals surface area contributed by atoms with Crippen LogP contribution in [-0.2, 0) is 6.54 Å². The molecule has 17 heavy (non-hydrogen) atoms. The molecule has 0 radical (unpaired) electrons. The minimum Gasteiger partial charge on any atom is -0.495 e. The molecule has 1 atom stereocenters. The quantitative estimate of drug-likeness (QED) is 0.790. The minimum atomic E-state index is 0.538. The van der Waals surface area contributed by atoms with Crippen LogP contribution < -0.4 is 10.1 Å². The maximum atomic E-state index is 5.47. The molecule has 0 aliphatic carbocycles. The van der Waals surface area contributed by atoms with E-state index in [-0.39, 0.29) is 0 Å². The number of aromatic amines is 1. The topological polar surface area (TPSA) is 37.0 Å². The Balaban J connectivity index is 2.33. The molecule has 1 aromatic heterocycles. The van der Waals surface area contributed by atoms with Gasteiger partial charge in [-0.3, -0.25) is 0 Å². The number of hydrogen-bond donors (Lipinski definition) is 2. The van der Waals surface area contributed by atoms with Crippen molar-refractivity contribution in [3.05, 3.63) is 29.0 Å². The van der Waals surface area contributed by atoms with Gasteiger partial charge in [-0.1, -0.05) is 6.92 Å². The van der Waals surface area contributed by atoms with Gasteiger partial charge >= 0.3 is 0 Å². The van der Waals surface area contributed by atoms with Gasteiger partial charge in [0.25, 0.3) is 0 Å². The third-order valence-corrected chi connectivity index (χ3v) is 3.62. The van der Waals surface area contributed by atoms with Gasteiger partial charge in [0.2, 0.25) is 0 Å². The van der Waals surface area contributed by atoms with Crippen molar-refractivity contribution in [2.24, 2.45) is 0 Å². The second-order valence-electron chi connectivity index (χ2n) is 4.94. The molecule has 2 aromatic rings. The average molecular weight is 230 g/mol. The average Bonchev–Trinajstić information content (AvgIpc) is 2.68. The van der Waals surface area contributed by atoms with E-state index in [1.165, 1.54) is 22.2 Å². The summed E-state index contributed by atoms with van der Waals surface area (Å²) in [5.41, 5.74) is 5.15. The van der Waals surface area contributed by atoms with Crippen molar-refractivity contribution >= 4 is 10.9 Å². The van der Waals surface area contributed by atoms with Crippen molar-refractivity contribution in [2.45, 2.75) is 26.3 Å². The van der Waals surface area contributed by atoms with Crippen LogP contribution in [0.2, 0.25) is 0 Å². The van der Waals surface area contributed by atoms with E-state index in [0.29, 0.717) is 5.92 Å². The summed E-state index contributed by atoms with van der Waals surface area (Å²) in [6, 6.07) is 4.33. The number of H-pyrrole nitrogens is 1. The second kappa shape index (κ2) is 3.77. The molecule has 0 amide bonds. The molecule has 2 N–H and O–H groups in total. The van der Waals surface area contributed by atoms with Gasteiger partial charge in [0.1, 0.15) is 5.75 Å². The van der Waals surface area contributed by atoms with Crippen molar-refractivity contribution in [1.82, 2.24) is 10.3 Å². The van der Waals surface area contributed by atoms with Gasteiger partial charge in [0.05, 0.1) is 12.6 Å². The Kier molecular flexibility index (Phi) is 2.37. The number of nitrogens with one attached hydrogen (secondary N) is 2. The Bertz CT molecular complexity index is 571. The Morgan fingerprint density at radius 2 is 2.18 bits per heavy atom. The predicted molar refractivity (Wildman–Crippen MR) is 69.7 cm³/mol. The van der Waals surface area contributed by atoms with Gasteiger partial charge in [0, 0.05) is 30.1 Å². The highest BCUT2D eigenvalue weighted by Crippen LogP contribution is 2.35. The summed E-state index contributed by atoms with van der Waals surface area (Å²) >= 11 is 0. The van der Waals surface area contributed by atoms with Crippen LogP contribution in [0.1, 0.15) is 29.7 Å². The van der Waals surface area contributed by atoms with E-state index in [2.05, 4.69) is 36.3 Å². The number of methoxy groups -OCH3 is 1. The number of benzene rings is 1. The summed E-state index contributed by atoms with van der Waals surface area (Å²) < 4.78 is 5.47. The van der Waals surface area contributed by atoms with Gasteiger partial charge < -0.3 is 15.0 Å². The third kappa shape index (κ3) is 1.53. The van der Waals surface area contributed by atoms with Gasteiger partial charge in [-0.05, 0) is 30.2 Å². The Morgan fingerprint density at radius 3 is 2.94 bits per heavy atom. The van der Waals surface area contributed by atoms with Crippen LogP contribution in [0.25, 0.3) is 10.9 Å². The van der Waals surface area contributed by atoms with Crippen molar-refractivity contribution in [2.75, 3.05) is 13.7 Å². The Labute approximate surface area is 101 Å². The van der Waals surface area contributed by atoms with Crippen molar-refractivity contribution in [3.8, 4) is 5.75 Å². The van der Waals surface area contributed by atoms with E-state index in [1.807, 2.05) is 0 Å². The highest BCUT2D eigenvalue weighted by molar-refractivity contribution is 5.90.